The molecule has 0 aliphatic carbocycles. The number of hydrogen-bond donors (Lipinski definition) is 2. The van der Waals surface area contributed by atoms with Crippen LogP contribution in [0.5, 0.6) is 0 Å². The van der Waals surface area contributed by atoms with E-state index in [0.29, 0.717) is 32.7 Å². The topological polar surface area (TPSA) is 77.8 Å². The number of amides is 1. The molecule has 26 heavy (non-hydrogen) atoms. The molecule has 3 rings (SSSR count). The van der Waals surface area contributed by atoms with Crippen molar-refractivity contribution in [3.05, 3.63) is 82.0 Å². The van der Waals surface area contributed by atoms with Crippen LogP contribution in [0.25, 0.3) is 0 Å². The van der Waals surface area contributed by atoms with Gasteiger partial charge in [-0.1, -0.05) is 23.2 Å². The van der Waals surface area contributed by atoms with Gasteiger partial charge in [-0.2, -0.15) is 5.26 Å². The molecule has 5 nitrogen and oxygen atoms in total. The Morgan fingerprint density at radius 2 is 1.69 bits per heavy atom. The van der Waals surface area contributed by atoms with Gasteiger partial charge in [-0.15, -0.1) is 0 Å². The monoisotopic (exact) mass is 382 g/mol. The number of nitrogens with one attached hydrogen (secondary N) is 2. The van der Waals surface area contributed by atoms with Gasteiger partial charge in [-0.05, 0) is 54.6 Å². The van der Waals surface area contributed by atoms with E-state index in [-0.39, 0.29) is 5.91 Å². The van der Waals surface area contributed by atoms with Crippen LogP contribution in [0.1, 0.15) is 15.9 Å². The second-order valence-electron chi connectivity index (χ2n) is 5.33. The summed E-state index contributed by atoms with van der Waals surface area (Å²) in [6.45, 7) is 0. The summed E-state index contributed by atoms with van der Waals surface area (Å²) in [4.78, 5) is 16.6. The maximum absolute atomic E-state index is 12.4. The highest BCUT2D eigenvalue weighted by Crippen LogP contribution is 2.25. The summed E-state index contributed by atoms with van der Waals surface area (Å²) in [5, 5.41) is 15.5. The van der Waals surface area contributed by atoms with Gasteiger partial charge in [0.2, 0.25) is 0 Å². The third-order valence-corrected chi connectivity index (χ3v) is 4.23. The van der Waals surface area contributed by atoms with E-state index in [0.717, 1.165) is 5.69 Å². The second kappa shape index (κ2) is 7.87. The maximum Gasteiger partial charge on any atom is 0.255 e. The van der Waals surface area contributed by atoms with Crippen molar-refractivity contribution in [1.29, 1.82) is 5.26 Å². The zero-order chi connectivity index (χ0) is 18.5. The summed E-state index contributed by atoms with van der Waals surface area (Å²) >= 11 is 11.8. The SMILES string of the molecule is N#Cc1ccc(Nc2cc(C(=O)Nc3ccc(Cl)c(Cl)c3)ccn2)cc1. The Bertz CT molecular complexity index is 997. The highest BCUT2D eigenvalue weighted by Gasteiger charge is 2.09. The number of aromatic nitrogens is 1. The molecule has 2 aromatic carbocycles. The molecular weight excluding hydrogens is 371 g/mol. The predicted octanol–water partition coefficient (Wildman–Crippen LogP) is 5.26. The van der Waals surface area contributed by atoms with Crippen molar-refractivity contribution in [2.75, 3.05) is 10.6 Å². The molecular formula is C19H12Cl2N4O. The van der Waals surface area contributed by atoms with Gasteiger partial charge in [-0.25, -0.2) is 4.98 Å². The van der Waals surface area contributed by atoms with E-state index in [1.54, 1.807) is 54.6 Å². The van der Waals surface area contributed by atoms with Crippen molar-refractivity contribution < 1.29 is 4.79 Å². The van der Waals surface area contributed by atoms with E-state index in [1.165, 1.54) is 6.20 Å². The number of rotatable bonds is 4. The lowest BCUT2D eigenvalue weighted by atomic mass is 10.2. The van der Waals surface area contributed by atoms with Crippen molar-refractivity contribution in [2.24, 2.45) is 0 Å². The highest BCUT2D eigenvalue weighted by molar-refractivity contribution is 6.42. The third kappa shape index (κ3) is 4.31. The molecule has 7 heteroatoms. The Labute approximate surface area is 160 Å². The molecule has 0 unspecified atom stereocenters. The molecule has 3 aromatic rings. The predicted molar refractivity (Wildman–Crippen MR) is 103 cm³/mol. The first-order valence-corrected chi connectivity index (χ1v) is 8.30. The number of nitrogens with zero attached hydrogens (tertiary/aromatic N) is 2. The number of pyridine rings is 1. The van der Waals surface area contributed by atoms with Crippen LogP contribution in [0.15, 0.2) is 60.8 Å². The molecule has 0 aliphatic rings. The summed E-state index contributed by atoms with van der Waals surface area (Å²) < 4.78 is 0. The van der Waals surface area contributed by atoms with Crippen LogP contribution in [-0.2, 0) is 0 Å². The number of anilines is 3. The lowest BCUT2D eigenvalue weighted by molar-refractivity contribution is 0.102. The molecule has 2 N–H and O–H groups in total. The van der Waals surface area contributed by atoms with Gasteiger partial charge in [0.15, 0.2) is 0 Å². The zero-order valence-electron chi connectivity index (χ0n) is 13.3. The van der Waals surface area contributed by atoms with Crippen molar-refractivity contribution in [3.8, 4) is 6.07 Å². The van der Waals surface area contributed by atoms with Crippen LogP contribution < -0.4 is 10.6 Å². The van der Waals surface area contributed by atoms with Crippen molar-refractivity contribution in [3.63, 3.8) is 0 Å². The molecule has 0 saturated carbocycles. The Morgan fingerprint density at radius 1 is 0.962 bits per heavy atom. The molecule has 0 bridgehead atoms. The van der Waals surface area contributed by atoms with Crippen LogP contribution in [-0.4, -0.2) is 10.9 Å². The quantitative estimate of drug-likeness (QED) is 0.645. The summed E-state index contributed by atoms with van der Waals surface area (Å²) in [6, 6.07) is 17.1. The summed E-state index contributed by atoms with van der Waals surface area (Å²) in [7, 11) is 0. The maximum atomic E-state index is 12.4. The van der Waals surface area contributed by atoms with Gasteiger partial charge >= 0.3 is 0 Å². The normalized spacial score (nSPS) is 10.0. The van der Waals surface area contributed by atoms with Crippen molar-refractivity contribution >= 4 is 46.3 Å². The van der Waals surface area contributed by atoms with Crippen LogP contribution >= 0.6 is 23.2 Å². The summed E-state index contributed by atoms with van der Waals surface area (Å²) in [5.74, 6) is 0.213. The van der Waals surface area contributed by atoms with E-state index in [4.69, 9.17) is 28.5 Å². The minimum absolute atomic E-state index is 0.298. The molecule has 1 amide bonds. The number of nitriles is 1. The van der Waals surface area contributed by atoms with E-state index in [1.807, 2.05) is 0 Å². The van der Waals surface area contributed by atoms with E-state index in [2.05, 4.69) is 21.7 Å². The third-order valence-electron chi connectivity index (χ3n) is 3.49. The van der Waals surface area contributed by atoms with Gasteiger partial charge < -0.3 is 10.6 Å². The Hall–Kier alpha value is -3.07. The molecule has 0 aliphatic heterocycles. The van der Waals surface area contributed by atoms with Crippen LogP contribution in [0.4, 0.5) is 17.2 Å². The van der Waals surface area contributed by atoms with Gasteiger partial charge in [-0.3, -0.25) is 4.79 Å². The van der Waals surface area contributed by atoms with Crippen LogP contribution in [0.3, 0.4) is 0 Å². The number of halogens is 2. The largest absolute Gasteiger partial charge is 0.340 e. The fourth-order valence-electron chi connectivity index (χ4n) is 2.19. The molecule has 0 saturated heterocycles. The molecule has 128 valence electrons. The smallest absolute Gasteiger partial charge is 0.255 e. The first kappa shape index (κ1) is 17.7. The zero-order valence-corrected chi connectivity index (χ0v) is 14.8. The lowest BCUT2D eigenvalue weighted by Gasteiger charge is -2.09. The van der Waals surface area contributed by atoms with Gasteiger partial charge in [0.25, 0.3) is 5.91 Å². The summed E-state index contributed by atoms with van der Waals surface area (Å²) in [5.41, 5.74) is 2.31. The molecule has 0 spiro atoms. The fraction of sp³-hybridized carbons (Fsp3) is 0. The van der Waals surface area contributed by atoms with Crippen LogP contribution in [0.2, 0.25) is 10.0 Å². The number of carbonyl (C=O) groups excluding carboxylic acids is 1. The van der Waals surface area contributed by atoms with E-state index < -0.39 is 0 Å². The van der Waals surface area contributed by atoms with Gasteiger partial charge in [0, 0.05) is 23.1 Å². The number of hydrogen-bond acceptors (Lipinski definition) is 4. The fourth-order valence-corrected chi connectivity index (χ4v) is 2.49. The highest BCUT2D eigenvalue weighted by atomic mass is 35.5. The number of benzene rings is 2. The minimum atomic E-state index is -0.298. The standard InChI is InChI=1S/C19H12Cl2N4O/c20-16-6-5-15(10-17(16)21)25-19(26)13-7-8-23-18(9-13)24-14-3-1-12(11-22)2-4-14/h1-10H,(H,23,24)(H,25,26). The minimum Gasteiger partial charge on any atom is -0.340 e. The average molecular weight is 383 g/mol. The first-order valence-electron chi connectivity index (χ1n) is 7.55. The Morgan fingerprint density at radius 3 is 2.38 bits per heavy atom. The van der Waals surface area contributed by atoms with E-state index >= 15 is 0 Å². The lowest BCUT2D eigenvalue weighted by Crippen LogP contribution is -2.12. The van der Waals surface area contributed by atoms with Gasteiger partial charge in [0.05, 0.1) is 21.7 Å². The van der Waals surface area contributed by atoms with E-state index in [9.17, 15) is 4.79 Å². The summed E-state index contributed by atoms with van der Waals surface area (Å²) in [6.07, 6.45) is 1.54. The molecule has 1 aromatic heterocycles. The van der Waals surface area contributed by atoms with Crippen molar-refractivity contribution in [2.45, 2.75) is 0 Å². The van der Waals surface area contributed by atoms with Crippen LogP contribution in [0, 0.1) is 11.3 Å². The number of carbonyl (C=O) groups is 1. The Balaban J connectivity index is 1.74. The average Bonchev–Trinajstić information content (AvgIpc) is 2.65. The van der Waals surface area contributed by atoms with Crippen molar-refractivity contribution in [1.82, 2.24) is 4.98 Å². The first-order chi connectivity index (χ1) is 12.5. The van der Waals surface area contributed by atoms with Gasteiger partial charge in [0.1, 0.15) is 5.82 Å². The Kier molecular flexibility index (Phi) is 5.37. The molecule has 0 radical (unpaired) electrons. The second-order valence-corrected chi connectivity index (χ2v) is 6.14. The molecule has 0 atom stereocenters. The molecule has 0 fully saturated rings. The molecule has 1 heterocycles.